The van der Waals surface area contributed by atoms with Crippen molar-refractivity contribution in [1.82, 2.24) is 9.55 Å². The molecule has 3 N–H and O–H groups in total. The Morgan fingerprint density at radius 3 is 2.61 bits per heavy atom. The predicted molar refractivity (Wildman–Crippen MR) is 160 cm³/mol. The van der Waals surface area contributed by atoms with Crippen LogP contribution in [0.2, 0.25) is 0 Å². The Bertz CT molecular complexity index is 1560. The highest BCUT2D eigenvalue weighted by molar-refractivity contribution is 7.92. The molecule has 41 heavy (non-hydrogen) atoms. The van der Waals surface area contributed by atoms with Gasteiger partial charge in [-0.15, -0.1) is 0 Å². The van der Waals surface area contributed by atoms with Crippen LogP contribution in [0.3, 0.4) is 0 Å². The fourth-order valence-electron chi connectivity index (χ4n) is 6.05. The first-order valence-corrected chi connectivity index (χ1v) is 15.9. The van der Waals surface area contributed by atoms with Gasteiger partial charge in [-0.25, -0.2) is 13.4 Å². The van der Waals surface area contributed by atoms with Crippen molar-refractivity contribution in [2.24, 2.45) is 12.5 Å². The van der Waals surface area contributed by atoms with E-state index in [-0.39, 0.29) is 17.8 Å². The molecule has 1 atom stereocenters. The van der Waals surface area contributed by atoms with E-state index in [1.165, 1.54) is 12.8 Å². The lowest BCUT2D eigenvalue weighted by molar-refractivity contribution is 0.0530. The van der Waals surface area contributed by atoms with Crippen molar-refractivity contribution in [3.63, 3.8) is 0 Å². The molecule has 3 fully saturated rings. The van der Waals surface area contributed by atoms with E-state index in [0.29, 0.717) is 42.2 Å². The van der Waals surface area contributed by atoms with E-state index in [4.69, 9.17) is 14.8 Å². The maximum Gasteiger partial charge on any atom is 0.274 e. The van der Waals surface area contributed by atoms with Crippen LogP contribution in [0.4, 0.5) is 22.9 Å². The highest BCUT2D eigenvalue weighted by atomic mass is 32.2. The maximum absolute atomic E-state index is 13.7. The van der Waals surface area contributed by atoms with Crippen LogP contribution in [-0.4, -0.2) is 80.2 Å². The third kappa shape index (κ3) is 5.86. The van der Waals surface area contributed by atoms with Crippen molar-refractivity contribution in [2.75, 3.05) is 65.0 Å². The zero-order chi connectivity index (χ0) is 28.8. The smallest absolute Gasteiger partial charge is 0.274 e. The fourth-order valence-corrected chi connectivity index (χ4v) is 6.87. The quantitative estimate of drug-likeness (QED) is 0.370. The number of hydrogen-bond donors (Lipinski definition) is 3. The van der Waals surface area contributed by atoms with Crippen molar-refractivity contribution in [2.45, 2.75) is 38.7 Å². The minimum Gasteiger partial charge on any atom is -0.395 e. The average Bonchev–Trinajstić information content (AvgIpc) is 3.59. The Morgan fingerprint density at radius 2 is 1.90 bits per heavy atom. The van der Waals surface area contributed by atoms with E-state index in [1.54, 1.807) is 18.2 Å². The molecule has 1 amide bonds. The second-order valence-corrected chi connectivity index (χ2v) is 13.5. The van der Waals surface area contributed by atoms with Crippen LogP contribution < -0.4 is 19.8 Å². The first-order chi connectivity index (χ1) is 19.7. The number of fused-ring (bicyclic) bond motifs is 1. The summed E-state index contributed by atoms with van der Waals surface area (Å²) in [5.41, 5.74) is 3.50. The van der Waals surface area contributed by atoms with Crippen molar-refractivity contribution < 1.29 is 23.1 Å². The molecule has 4 heterocycles. The average molecular weight is 583 g/mol. The van der Waals surface area contributed by atoms with E-state index in [2.05, 4.69) is 19.8 Å². The molecule has 6 rings (SSSR count). The van der Waals surface area contributed by atoms with Gasteiger partial charge < -0.3 is 29.5 Å². The van der Waals surface area contributed by atoms with E-state index < -0.39 is 16.6 Å². The number of anilines is 4. The van der Waals surface area contributed by atoms with Crippen LogP contribution in [0.5, 0.6) is 0 Å². The highest BCUT2D eigenvalue weighted by Gasteiger charge is 2.44. The molecule has 1 aromatic carbocycles. The number of rotatable bonds is 8. The second-order valence-electron chi connectivity index (χ2n) is 11.6. The summed E-state index contributed by atoms with van der Waals surface area (Å²) in [7, 11) is -1.71. The van der Waals surface area contributed by atoms with Gasteiger partial charge in [-0.3, -0.25) is 9.52 Å². The van der Waals surface area contributed by atoms with E-state index >= 15 is 0 Å². The summed E-state index contributed by atoms with van der Waals surface area (Å²) in [6, 6.07) is 8.93. The zero-order valence-corrected chi connectivity index (χ0v) is 24.4. The Labute approximate surface area is 240 Å². The summed E-state index contributed by atoms with van der Waals surface area (Å²) in [5, 5.41) is 13.1. The molecule has 2 aromatic heterocycles. The fraction of sp³-hybridized carbons (Fsp3) is 0.517. The number of ether oxygens (including phenoxy) is 1. The van der Waals surface area contributed by atoms with E-state index in [1.807, 2.05) is 36.9 Å². The number of carbonyl (C=O) groups excluding carboxylic acids is 1. The van der Waals surface area contributed by atoms with Crippen LogP contribution in [0, 0.1) is 5.41 Å². The predicted octanol–water partition coefficient (Wildman–Crippen LogP) is 3.17. The first kappa shape index (κ1) is 27.8. The van der Waals surface area contributed by atoms with Gasteiger partial charge in [0.2, 0.25) is 10.0 Å². The Kier molecular flexibility index (Phi) is 7.33. The number of aromatic nitrogens is 2. The summed E-state index contributed by atoms with van der Waals surface area (Å²) in [4.78, 5) is 23.0. The molecule has 0 radical (unpaired) electrons. The van der Waals surface area contributed by atoms with Gasteiger partial charge >= 0.3 is 0 Å². The second kappa shape index (κ2) is 10.8. The molecular weight excluding hydrogens is 544 g/mol. The van der Waals surface area contributed by atoms with Gasteiger partial charge in [0.1, 0.15) is 5.69 Å². The van der Waals surface area contributed by atoms with Crippen LogP contribution in [-0.2, 0) is 21.8 Å². The number of hydrogen-bond acceptors (Lipinski definition) is 8. The molecular formula is C29H38N6O5S. The molecule has 0 unspecified atom stereocenters. The molecule has 1 spiro atoms. The molecule has 12 heteroatoms. The number of nitrogens with zero attached hydrogens (tertiary/aromatic N) is 4. The Hall–Kier alpha value is -3.35. The number of amides is 1. The highest BCUT2D eigenvalue weighted by Crippen LogP contribution is 2.54. The Balaban J connectivity index is 1.31. The summed E-state index contributed by atoms with van der Waals surface area (Å²) in [6.45, 7) is 5.22. The lowest BCUT2D eigenvalue weighted by Gasteiger charge is -2.35. The van der Waals surface area contributed by atoms with Crippen molar-refractivity contribution in [3.8, 4) is 0 Å². The largest absolute Gasteiger partial charge is 0.395 e. The van der Waals surface area contributed by atoms with E-state index in [0.717, 1.165) is 48.3 Å². The summed E-state index contributed by atoms with van der Waals surface area (Å²) in [5.74, 6) is 0.0454. The van der Waals surface area contributed by atoms with Crippen molar-refractivity contribution in [3.05, 3.63) is 42.2 Å². The third-order valence-corrected chi connectivity index (χ3v) is 9.88. The van der Waals surface area contributed by atoms with Gasteiger partial charge in [0.15, 0.2) is 5.82 Å². The number of pyridine rings is 1. The van der Waals surface area contributed by atoms with Crippen LogP contribution in [0.1, 0.15) is 43.1 Å². The molecule has 2 saturated heterocycles. The van der Waals surface area contributed by atoms with Crippen LogP contribution >= 0.6 is 0 Å². The molecule has 1 saturated carbocycles. The number of nitrogens with one attached hydrogen (secondary N) is 2. The van der Waals surface area contributed by atoms with Gasteiger partial charge in [0.05, 0.1) is 47.6 Å². The lowest BCUT2D eigenvalue weighted by Crippen LogP contribution is -2.42. The number of carbonyl (C=O) groups is 1. The van der Waals surface area contributed by atoms with Crippen LogP contribution in [0.15, 0.2) is 36.5 Å². The van der Waals surface area contributed by atoms with Gasteiger partial charge in [-0.2, -0.15) is 0 Å². The minimum atomic E-state index is -3.69. The number of sulfonamides is 1. The standard InChI is InChI=1S/C29H38N6O5S/c1-20-19-35(13-15-40-20)27-26-21(5-10-33(26)2)17-24(30-27)28(37)31-23-4-3-22(32-41(38,39)16-14-36)18-25(23)34-11-8-29(6-7-29)9-12-34/h3-5,10,17-18,20,32,36H,6-9,11-16,19H2,1-2H3,(H,31,37)/t20-/m0/s1. The van der Waals surface area contributed by atoms with Gasteiger partial charge in [-0.1, -0.05) is 0 Å². The minimum absolute atomic E-state index is 0.0635. The Morgan fingerprint density at radius 1 is 1.12 bits per heavy atom. The molecule has 3 aromatic rings. The number of aliphatic hydroxyl groups excluding tert-OH is 1. The topological polar surface area (TPSA) is 129 Å². The molecule has 2 aliphatic heterocycles. The summed E-state index contributed by atoms with van der Waals surface area (Å²) in [6.07, 6.45) is 6.72. The SMILES string of the molecule is C[C@H]1CN(c2nc(C(=O)Nc3ccc(NS(=O)(=O)CCO)cc3N3CCC4(CC3)CC4)cc3ccn(C)c23)CCO1. The monoisotopic (exact) mass is 582 g/mol. The van der Waals surface area contributed by atoms with Gasteiger partial charge in [0, 0.05) is 44.8 Å². The molecule has 1 aliphatic carbocycles. The first-order valence-electron chi connectivity index (χ1n) is 14.3. The molecule has 11 nitrogen and oxygen atoms in total. The van der Waals surface area contributed by atoms with E-state index in [9.17, 15) is 13.2 Å². The molecule has 0 bridgehead atoms. The third-order valence-electron chi connectivity index (χ3n) is 8.61. The normalized spacial score (nSPS) is 20.4. The number of piperidine rings is 1. The number of benzene rings is 1. The van der Waals surface area contributed by atoms with Gasteiger partial charge in [-0.05, 0) is 68.4 Å². The number of aryl methyl sites for hydroxylation is 1. The molecule has 220 valence electrons. The summed E-state index contributed by atoms with van der Waals surface area (Å²) < 4.78 is 35.0. The van der Waals surface area contributed by atoms with Crippen molar-refractivity contribution >= 4 is 49.7 Å². The van der Waals surface area contributed by atoms with Crippen molar-refractivity contribution in [1.29, 1.82) is 0 Å². The van der Waals surface area contributed by atoms with Crippen LogP contribution in [0.25, 0.3) is 10.9 Å². The van der Waals surface area contributed by atoms with Gasteiger partial charge in [0.25, 0.3) is 5.91 Å². The summed E-state index contributed by atoms with van der Waals surface area (Å²) >= 11 is 0. The zero-order valence-electron chi connectivity index (χ0n) is 23.6. The lowest BCUT2D eigenvalue weighted by atomic mass is 9.93. The number of aliphatic hydroxyl groups is 1. The molecule has 3 aliphatic rings. The maximum atomic E-state index is 13.7. The number of morpholine rings is 1.